The van der Waals surface area contributed by atoms with Crippen LogP contribution < -0.4 is 0 Å². The Morgan fingerprint density at radius 3 is 2.37 bits per heavy atom. The normalized spacial score (nSPS) is 14.5. The lowest BCUT2D eigenvalue weighted by Gasteiger charge is -2.15. The highest BCUT2D eigenvalue weighted by atomic mass is 35.5. The molecule has 0 saturated carbocycles. The number of benzene rings is 1. The van der Waals surface area contributed by atoms with Gasteiger partial charge in [0.05, 0.1) is 10.5 Å². The van der Waals surface area contributed by atoms with Gasteiger partial charge in [0.15, 0.2) is 0 Å². The van der Waals surface area contributed by atoms with Crippen molar-refractivity contribution in [1.29, 1.82) is 0 Å². The Morgan fingerprint density at radius 1 is 1.32 bits per heavy atom. The molecule has 0 amide bonds. The number of nitrogens with zero attached hydrogens (tertiary/aromatic N) is 1. The summed E-state index contributed by atoms with van der Waals surface area (Å²) in [5.41, 5.74) is 1.51. The Balaban J connectivity index is 3.04. The molecule has 0 spiro atoms. The van der Waals surface area contributed by atoms with Crippen LogP contribution in [0.15, 0.2) is 28.7 Å². The van der Waals surface area contributed by atoms with Crippen molar-refractivity contribution in [2.45, 2.75) is 38.4 Å². The largest absolute Gasteiger partial charge is 0.234 e. The lowest BCUT2D eigenvalue weighted by molar-refractivity contribution is 0.627. The first-order valence-electron chi connectivity index (χ1n) is 6.16. The molecule has 106 valence electrons. The summed E-state index contributed by atoms with van der Waals surface area (Å²) < 4.78 is 28.9. The van der Waals surface area contributed by atoms with Gasteiger partial charge in [-0.3, -0.25) is 0 Å². The number of hydrogen-bond donors (Lipinski definition) is 0. The molecule has 0 unspecified atom stereocenters. The molecule has 0 N–H and O–H groups in total. The Labute approximate surface area is 121 Å². The second kappa shape index (κ2) is 7.15. The summed E-state index contributed by atoms with van der Waals surface area (Å²) in [7, 11) is -1.33. The van der Waals surface area contributed by atoms with Crippen molar-refractivity contribution >= 4 is 28.3 Å². The van der Waals surface area contributed by atoms with E-state index < -0.39 is 15.7 Å². The van der Waals surface area contributed by atoms with Gasteiger partial charge in [0, 0.05) is 5.88 Å². The highest BCUT2D eigenvalue weighted by Gasteiger charge is 2.20. The smallest absolute Gasteiger partial charge is 0.145 e. The molecule has 1 rings (SSSR count). The molecule has 0 aliphatic heterocycles. The first kappa shape index (κ1) is 16.3. The molecule has 0 bridgehead atoms. The van der Waals surface area contributed by atoms with Crippen LogP contribution in [-0.4, -0.2) is 20.5 Å². The number of rotatable bonds is 5. The van der Waals surface area contributed by atoms with E-state index in [0.717, 1.165) is 12.0 Å². The maximum atomic E-state index is 12.9. The lowest BCUT2D eigenvalue weighted by Crippen LogP contribution is -2.21. The van der Waals surface area contributed by atoms with Crippen LogP contribution in [0.2, 0.25) is 0 Å². The molecule has 2 nitrogen and oxygen atoms in total. The van der Waals surface area contributed by atoms with Gasteiger partial charge >= 0.3 is 0 Å². The summed E-state index contributed by atoms with van der Waals surface area (Å²) >= 11 is 5.69. The zero-order chi connectivity index (χ0) is 14.5. The molecule has 0 aliphatic carbocycles. The fraction of sp³-hybridized carbons (Fsp3) is 0.500. The molecule has 0 aromatic heterocycles. The minimum Gasteiger partial charge on any atom is -0.234 e. The van der Waals surface area contributed by atoms with Gasteiger partial charge in [-0.05, 0) is 51.3 Å². The second-order valence-corrected chi connectivity index (χ2v) is 7.48. The van der Waals surface area contributed by atoms with Gasteiger partial charge in [0.25, 0.3) is 0 Å². The third kappa shape index (κ3) is 5.41. The zero-order valence-corrected chi connectivity index (χ0v) is 13.0. The summed E-state index contributed by atoms with van der Waals surface area (Å²) in [5, 5.41) is 0. The van der Waals surface area contributed by atoms with Crippen molar-refractivity contribution in [3.05, 3.63) is 35.6 Å². The molecular weight excluding hydrogens is 285 g/mol. The van der Waals surface area contributed by atoms with Gasteiger partial charge < -0.3 is 0 Å². The van der Waals surface area contributed by atoms with Gasteiger partial charge in [-0.15, -0.1) is 11.6 Å². The van der Waals surface area contributed by atoms with Crippen LogP contribution in [0.3, 0.4) is 0 Å². The topological polar surface area (TPSA) is 29.4 Å². The van der Waals surface area contributed by atoms with Crippen molar-refractivity contribution in [1.82, 2.24) is 0 Å². The van der Waals surface area contributed by atoms with Crippen molar-refractivity contribution in [3.8, 4) is 0 Å². The number of halogens is 2. The van der Waals surface area contributed by atoms with Crippen LogP contribution in [0.5, 0.6) is 0 Å². The third-order valence-corrected chi connectivity index (χ3v) is 4.14. The van der Waals surface area contributed by atoms with Gasteiger partial charge in [0.1, 0.15) is 16.8 Å². The maximum Gasteiger partial charge on any atom is 0.145 e. The molecule has 5 heteroatoms. The SMILES string of the molecule is CC(C)(C)[S@](=O)N=C(CCCCl)c1ccc(F)cc1. The van der Waals surface area contributed by atoms with Gasteiger partial charge in [-0.1, -0.05) is 12.1 Å². The van der Waals surface area contributed by atoms with Crippen LogP contribution in [-0.2, 0) is 11.0 Å². The molecule has 0 fully saturated rings. The average Bonchev–Trinajstić information content (AvgIpc) is 2.34. The van der Waals surface area contributed by atoms with Crippen LogP contribution in [0, 0.1) is 5.82 Å². The first-order valence-corrected chi connectivity index (χ1v) is 7.80. The first-order chi connectivity index (χ1) is 8.84. The van der Waals surface area contributed by atoms with E-state index in [1.807, 2.05) is 20.8 Å². The quantitative estimate of drug-likeness (QED) is 0.595. The number of hydrogen-bond acceptors (Lipinski definition) is 1. The van der Waals surface area contributed by atoms with Crippen LogP contribution in [0.1, 0.15) is 39.2 Å². The van der Waals surface area contributed by atoms with E-state index in [1.54, 1.807) is 12.1 Å². The highest BCUT2D eigenvalue weighted by Crippen LogP contribution is 2.16. The predicted octanol–water partition coefficient (Wildman–Crippen LogP) is 4.10. The molecule has 19 heavy (non-hydrogen) atoms. The fourth-order valence-electron chi connectivity index (χ4n) is 1.36. The Kier molecular flexibility index (Phi) is 6.14. The lowest BCUT2D eigenvalue weighted by atomic mass is 10.1. The molecule has 0 radical (unpaired) electrons. The Hall–Kier alpha value is -0.740. The summed E-state index contributed by atoms with van der Waals surface area (Å²) in [5.74, 6) is 0.222. The zero-order valence-electron chi connectivity index (χ0n) is 11.5. The van der Waals surface area contributed by atoms with Gasteiger partial charge in [-0.2, -0.15) is 4.40 Å². The van der Waals surface area contributed by atoms with E-state index in [1.165, 1.54) is 12.1 Å². The van der Waals surface area contributed by atoms with Crippen molar-refractivity contribution in [3.63, 3.8) is 0 Å². The maximum absolute atomic E-state index is 12.9. The predicted molar refractivity (Wildman–Crippen MR) is 80.8 cm³/mol. The number of alkyl halides is 1. The minimum absolute atomic E-state index is 0.294. The molecule has 0 heterocycles. The Bertz CT molecular complexity index is 465. The minimum atomic E-state index is -1.33. The monoisotopic (exact) mass is 303 g/mol. The third-order valence-electron chi connectivity index (χ3n) is 2.44. The molecule has 0 saturated heterocycles. The van der Waals surface area contributed by atoms with E-state index in [2.05, 4.69) is 4.40 Å². The standard InChI is InChI=1S/C14H19ClFNOS/c1-14(2,3)19(18)17-13(5-4-10-15)11-6-8-12(16)9-7-11/h6-9H,4-5,10H2,1-3H3/t19-/m0/s1. The summed E-state index contributed by atoms with van der Waals surface area (Å²) in [6.07, 6.45) is 1.38. The summed E-state index contributed by atoms with van der Waals surface area (Å²) in [6, 6.07) is 6.07. The van der Waals surface area contributed by atoms with Crippen LogP contribution in [0.4, 0.5) is 4.39 Å². The van der Waals surface area contributed by atoms with Crippen LogP contribution >= 0.6 is 11.6 Å². The van der Waals surface area contributed by atoms with Gasteiger partial charge in [-0.25, -0.2) is 8.60 Å². The van der Waals surface area contributed by atoms with Crippen molar-refractivity contribution < 1.29 is 8.60 Å². The summed E-state index contributed by atoms with van der Waals surface area (Å²) in [4.78, 5) is 0. The molecule has 1 aromatic rings. The Morgan fingerprint density at radius 2 is 1.89 bits per heavy atom. The molecule has 1 aromatic carbocycles. The van der Waals surface area contributed by atoms with Crippen molar-refractivity contribution in [2.24, 2.45) is 4.40 Å². The summed E-state index contributed by atoms with van der Waals surface area (Å²) in [6.45, 7) is 5.61. The fourth-order valence-corrected chi connectivity index (χ4v) is 2.16. The van der Waals surface area contributed by atoms with E-state index >= 15 is 0 Å². The highest BCUT2D eigenvalue weighted by molar-refractivity contribution is 7.85. The van der Waals surface area contributed by atoms with Crippen LogP contribution in [0.25, 0.3) is 0 Å². The van der Waals surface area contributed by atoms with Gasteiger partial charge in [0.2, 0.25) is 0 Å². The van der Waals surface area contributed by atoms with E-state index in [4.69, 9.17) is 11.6 Å². The molecule has 1 atom stereocenters. The molecule has 0 aliphatic rings. The molecular formula is C14H19ClFNOS. The average molecular weight is 304 g/mol. The van der Waals surface area contributed by atoms with Crippen molar-refractivity contribution in [2.75, 3.05) is 5.88 Å². The second-order valence-electron chi connectivity index (χ2n) is 5.20. The van der Waals surface area contributed by atoms with E-state index in [0.29, 0.717) is 18.0 Å². The van der Waals surface area contributed by atoms with E-state index in [9.17, 15) is 8.60 Å². The van der Waals surface area contributed by atoms with E-state index in [-0.39, 0.29) is 5.82 Å².